The van der Waals surface area contributed by atoms with Crippen LogP contribution in [0.3, 0.4) is 0 Å². The molecule has 0 bridgehead atoms. The first-order valence-electron chi connectivity index (χ1n) is 7.42. The molecule has 9 heteroatoms. The average molecular weight is 370 g/mol. The van der Waals surface area contributed by atoms with Gasteiger partial charge in [-0.15, -0.1) is 0 Å². The highest BCUT2D eigenvalue weighted by atomic mass is 35.5. The van der Waals surface area contributed by atoms with Crippen molar-refractivity contribution in [2.75, 3.05) is 0 Å². The van der Waals surface area contributed by atoms with Gasteiger partial charge in [0.15, 0.2) is 4.90 Å². The second kappa shape index (κ2) is 6.19. The number of hydrogen-bond donors (Lipinski definition) is 3. The maximum absolute atomic E-state index is 12.7. The summed E-state index contributed by atoms with van der Waals surface area (Å²) in [6.45, 7) is 1.37. The number of sulfonamides is 1. The molecule has 0 amide bonds. The molecule has 0 spiro atoms. The van der Waals surface area contributed by atoms with E-state index in [2.05, 4.69) is 9.71 Å². The molecule has 1 aliphatic carbocycles. The standard InChI is InChI=1S/C15H16ClN3O4S/c1-8-13(14(20)18-15(21)17-8)24(22,23)19-12-4-2-3-9-5-6-10(16)7-11(9)12/h5-7,12,19H,2-4H2,1H3,(H2,17,18,20,21)/t12-/m0/s1. The molecule has 1 aromatic heterocycles. The number of halogens is 1. The van der Waals surface area contributed by atoms with Crippen molar-refractivity contribution in [2.24, 2.45) is 0 Å². The van der Waals surface area contributed by atoms with Crippen molar-refractivity contribution in [3.8, 4) is 0 Å². The molecule has 1 aromatic carbocycles. The van der Waals surface area contributed by atoms with E-state index in [1.807, 2.05) is 11.1 Å². The number of hydrogen-bond acceptors (Lipinski definition) is 4. The first-order valence-corrected chi connectivity index (χ1v) is 9.28. The number of nitrogens with one attached hydrogen (secondary N) is 3. The Morgan fingerprint density at radius 2 is 2.00 bits per heavy atom. The third-order valence-electron chi connectivity index (χ3n) is 4.06. The molecule has 0 aliphatic heterocycles. The topological polar surface area (TPSA) is 112 Å². The summed E-state index contributed by atoms with van der Waals surface area (Å²) < 4.78 is 27.9. The van der Waals surface area contributed by atoms with Crippen LogP contribution in [0.1, 0.15) is 35.7 Å². The number of H-pyrrole nitrogens is 2. The first-order chi connectivity index (χ1) is 11.3. The Kier molecular flexibility index (Phi) is 4.37. The number of aryl methyl sites for hydroxylation is 2. The van der Waals surface area contributed by atoms with Crippen molar-refractivity contribution in [3.63, 3.8) is 0 Å². The quantitative estimate of drug-likeness (QED) is 0.758. The zero-order chi connectivity index (χ0) is 17.5. The molecular weight excluding hydrogens is 354 g/mol. The minimum Gasteiger partial charge on any atom is -0.310 e. The average Bonchev–Trinajstić information content (AvgIpc) is 2.46. The molecule has 7 nitrogen and oxygen atoms in total. The van der Waals surface area contributed by atoms with E-state index >= 15 is 0 Å². The molecule has 1 heterocycles. The Morgan fingerprint density at radius 1 is 1.25 bits per heavy atom. The molecule has 0 saturated carbocycles. The SMILES string of the molecule is Cc1[nH]c(=O)[nH]c(=O)c1S(=O)(=O)N[C@H]1CCCc2ccc(Cl)cc21. The molecule has 24 heavy (non-hydrogen) atoms. The van der Waals surface area contributed by atoms with Crippen molar-refractivity contribution in [1.29, 1.82) is 0 Å². The van der Waals surface area contributed by atoms with Crippen LogP contribution in [0.4, 0.5) is 0 Å². The Morgan fingerprint density at radius 3 is 2.71 bits per heavy atom. The summed E-state index contributed by atoms with van der Waals surface area (Å²) in [5, 5.41) is 0.526. The molecule has 1 aliphatic rings. The van der Waals surface area contributed by atoms with Crippen LogP contribution in [-0.2, 0) is 16.4 Å². The molecule has 128 valence electrons. The molecule has 0 unspecified atom stereocenters. The number of aromatic amines is 2. The smallest absolute Gasteiger partial charge is 0.310 e. The second-order valence-corrected chi connectivity index (χ2v) is 7.86. The number of rotatable bonds is 3. The van der Waals surface area contributed by atoms with Gasteiger partial charge in [0.05, 0.1) is 0 Å². The van der Waals surface area contributed by atoms with Gasteiger partial charge < -0.3 is 4.98 Å². The Balaban J connectivity index is 2.02. The molecule has 2 aromatic rings. The van der Waals surface area contributed by atoms with Crippen LogP contribution in [-0.4, -0.2) is 18.4 Å². The lowest BCUT2D eigenvalue weighted by Gasteiger charge is -2.26. The van der Waals surface area contributed by atoms with Crippen LogP contribution in [0.5, 0.6) is 0 Å². The van der Waals surface area contributed by atoms with E-state index in [0.29, 0.717) is 11.4 Å². The maximum Gasteiger partial charge on any atom is 0.325 e. The van der Waals surface area contributed by atoms with Crippen LogP contribution < -0.4 is 16.0 Å². The van der Waals surface area contributed by atoms with E-state index in [4.69, 9.17) is 11.6 Å². The summed E-state index contributed by atoms with van der Waals surface area (Å²) in [7, 11) is -4.10. The molecule has 0 saturated heterocycles. The van der Waals surface area contributed by atoms with Crippen LogP contribution in [0.25, 0.3) is 0 Å². The van der Waals surface area contributed by atoms with Crippen molar-refractivity contribution in [1.82, 2.24) is 14.7 Å². The summed E-state index contributed by atoms with van der Waals surface area (Å²) in [5.74, 6) is 0. The van der Waals surface area contributed by atoms with Gasteiger partial charge in [-0.05, 0) is 49.4 Å². The van der Waals surface area contributed by atoms with Gasteiger partial charge in [-0.1, -0.05) is 17.7 Å². The zero-order valence-electron chi connectivity index (χ0n) is 12.8. The predicted molar refractivity (Wildman–Crippen MR) is 89.9 cm³/mol. The molecule has 3 N–H and O–H groups in total. The number of aromatic nitrogens is 2. The van der Waals surface area contributed by atoms with Crippen LogP contribution in [0, 0.1) is 6.92 Å². The lowest BCUT2D eigenvalue weighted by molar-refractivity contribution is 0.506. The van der Waals surface area contributed by atoms with E-state index in [-0.39, 0.29) is 5.69 Å². The van der Waals surface area contributed by atoms with E-state index in [1.165, 1.54) is 6.92 Å². The zero-order valence-corrected chi connectivity index (χ0v) is 14.4. The minimum atomic E-state index is -4.10. The van der Waals surface area contributed by atoms with Gasteiger partial charge in [-0.25, -0.2) is 17.9 Å². The van der Waals surface area contributed by atoms with Gasteiger partial charge in [-0.2, -0.15) is 0 Å². The molecule has 0 radical (unpaired) electrons. The summed E-state index contributed by atoms with van der Waals surface area (Å²) in [5.41, 5.74) is 0.164. The minimum absolute atomic E-state index is 0.00150. The fraction of sp³-hybridized carbons (Fsp3) is 0.333. The monoisotopic (exact) mass is 369 g/mol. The Bertz CT molecular complexity index is 1010. The fourth-order valence-corrected chi connectivity index (χ4v) is 4.72. The highest BCUT2D eigenvalue weighted by molar-refractivity contribution is 7.89. The summed E-state index contributed by atoms with van der Waals surface area (Å²) in [6.07, 6.45) is 2.28. The molecular formula is C15H16ClN3O4S. The molecule has 3 rings (SSSR count). The van der Waals surface area contributed by atoms with Crippen molar-refractivity contribution in [2.45, 2.75) is 37.1 Å². The second-order valence-electron chi connectivity index (χ2n) is 5.77. The molecule has 1 atom stereocenters. The van der Waals surface area contributed by atoms with E-state index in [9.17, 15) is 18.0 Å². The van der Waals surface area contributed by atoms with E-state index in [0.717, 1.165) is 24.0 Å². The van der Waals surface area contributed by atoms with E-state index < -0.39 is 32.2 Å². The van der Waals surface area contributed by atoms with Gasteiger partial charge in [-0.3, -0.25) is 9.78 Å². The van der Waals surface area contributed by atoms with Gasteiger partial charge in [0.1, 0.15) is 0 Å². The Hall–Kier alpha value is -1.90. The normalized spacial score (nSPS) is 17.5. The van der Waals surface area contributed by atoms with Gasteiger partial charge >= 0.3 is 5.69 Å². The highest BCUT2D eigenvalue weighted by Gasteiger charge is 2.29. The van der Waals surface area contributed by atoms with Crippen molar-refractivity contribution in [3.05, 3.63) is 60.9 Å². The van der Waals surface area contributed by atoms with Gasteiger partial charge in [0.25, 0.3) is 5.56 Å². The van der Waals surface area contributed by atoms with Crippen LogP contribution in [0.2, 0.25) is 5.02 Å². The van der Waals surface area contributed by atoms with E-state index in [1.54, 1.807) is 12.1 Å². The van der Waals surface area contributed by atoms with Gasteiger partial charge in [0, 0.05) is 16.8 Å². The number of benzene rings is 1. The van der Waals surface area contributed by atoms with Crippen LogP contribution >= 0.6 is 11.6 Å². The lowest BCUT2D eigenvalue weighted by Crippen LogP contribution is -2.37. The Labute approximate surface area is 143 Å². The lowest BCUT2D eigenvalue weighted by atomic mass is 9.88. The summed E-state index contributed by atoms with van der Waals surface area (Å²) >= 11 is 6.03. The highest BCUT2D eigenvalue weighted by Crippen LogP contribution is 2.32. The van der Waals surface area contributed by atoms with Gasteiger partial charge in [0.2, 0.25) is 10.0 Å². The maximum atomic E-state index is 12.7. The van der Waals surface area contributed by atoms with Crippen molar-refractivity contribution < 1.29 is 8.42 Å². The summed E-state index contributed by atoms with van der Waals surface area (Å²) in [6, 6.07) is 4.93. The van der Waals surface area contributed by atoms with Crippen molar-refractivity contribution >= 4 is 21.6 Å². The van der Waals surface area contributed by atoms with Crippen LogP contribution in [0.15, 0.2) is 32.7 Å². The first kappa shape index (κ1) is 16.9. The summed E-state index contributed by atoms with van der Waals surface area (Å²) in [4.78, 5) is 26.9. The molecule has 0 fully saturated rings. The number of fused-ring (bicyclic) bond motifs is 1. The fourth-order valence-electron chi connectivity index (χ4n) is 3.05. The largest absolute Gasteiger partial charge is 0.325 e. The third kappa shape index (κ3) is 3.17. The third-order valence-corrected chi connectivity index (χ3v) is 5.92. The predicted octanol–water partition coefficient (Wildman–Crippen LogP) is 1.38.